The van der Waals surface area contributed by atoms with E-state index in [2.05, 4.69) is 30.7 Å². The lowest BCUT2D eigenvalue weighted by molar-refractivity contribution is -0.140. The Kier molecular flexibility index (Phi) is 4.58. The number of nitrogens with two attached hydrogens (primary N) is 1. The number of esters is 1. The summed E-state index contributed by atoms with van der Waals surface area (Å²) in [6, 6.07) is 0. The van der Waals surface area contributed by atoms with Gasteiger partial charge >= 0.3 is 5.97 Å². The maximum absolute atomic E-state index is 11.0. The van der Waals surface area contributed by atoms with Gasteiger partial charge in [0.05, 0.1) is 7.11 Å². The monoisotopic (exact) mass is 279 g/mol. The maximum atomic E-state index is 11.0. The third kappa shape index (κ3) is 2.93. The van der Waals surface area contributed by atoms with Crippen molar-refractivity contribution in [3.63, 3.8) is 0 Å². The molecule has 0 radical (unpaired) electrons. The Morgan fingerprint density at radius 2 is 2.15 bits per heavy atom. The molecule has 0 saturated heterocycles. The highest BCUT2D eigenvalue weighted by Gasteiger charge is 2.58. The van der Waals surface area contributed by atoms with E-state index in [1.807, 2.05) is 0 Å². The minimum absolute atomic E-state index is 0.00288. The van der Waals surface area contributed by atoms with Crippen molar-refractivity contribution in [1.82, 2.24) is 0 Å². The fourth-order valence-electron chi connectivity index (χ4n) is 4.23. The molecule has 2 N–H and O–H groups in total. The second-order valence-corrected chi connectivity index (χ2v) is 7.22. The van der Waals surface area contributed by atoms with Crippen LogP contribution in [0.5, 0.6) is 0 Å². The van der Waals surface area contributed by atoms with Gasteiger partial charge in [0, 0.05) is 12.0 Å². The van der Waals surface area contributed by atoms with E-state index in [-0.39, 0.29) is 11.5 Å². The van der Waals surface area contributed by atoms with Crippen LogP contribution in [0, 0.1) is 17.3 Å². The zero-order valence-corrected chi connectivity index (χ0v) is 13.2. The maximum Gasteiger partial charge on any atom is 0.305 e. The molecule has 0 unspecified atom stereocenters. The van der Waals surface area contributed by atoms with Gasteiger partial charge in [0.1, 0.15) is 0 Å². The van der Waals surface area contributed by atoms with Crippen LogP contribution in [0.4, 0.5) is 0 Å². The van der Waals surface area contributed by atoms with Gasteiger partial charge < -0.3 is 10.5 Å². The number of carbonyl (C=O) groups excluding carboxylic acids is 1. The zero-order chi connectivity index (χ0) is 14.8. The van der Waals surface area contributed by atoms with Gasteiger partial charge in [0.2, 0.25) is 0 Å². The number of fused-ring (bicyclic) bond motifs is 2. The van der Waals surface area contributed by atoms with Crippen molar-refractivity contribution < 1.29 is 9.53 Å². The molecule has 3 heteroatoms. The molecule has 114 valence electrons. The molecular formula is C17H29NO2. The average Bonchev–Trinajstić information content (AvgIpc) is 2.41. The van der Waals surface area contributed by atoms with Gasteiger partial charge in [-0.3, -0.25) is 4.79 Å². The quantitative estimate of drug-likeness (QED) is 0.460. The van der Waals surface area contributed by atoms with Gasteiger partial charge in [0.15, 0.2) is 0 Å². The SMILES string of the molecule is COC(=O)CCCC=CC[C@@]1(N)CC[C@@H]2C[C@H]1C2(C)C. The predicted molar refractivity (Wildman–Crippen MR) is 81.2 cm³/mol. The second kappa shape index (κ2) is 5.88. The van der Waals surface area contributed by atoms with E-state index in [0.29, 0.717) is 17.8 Å². The number of hydrogen-bond donors (Lipinski definition) is 1. The average molecular weight is 279 g/mol. The normalized spacial score (nSPS) is 34.8. The molecule has 0 heterocycles. The first-order valence-corrected chi connectivity index (χ1v) is 7.91. The van der Waals surface area contributed by atoms with E-state index in [9.17, 15) is 4.79 Å². The lowest BCUT2D eigenvalue weighted by Crippen LogP contribution is -2.65. The smallest absolute Gasteiger partial charge is 0.305 e. The summed E-state index contributed by atoms with van der Waals surface area (Å²) in [5.74, 6) is 1.45. The Bertz CT molecular complexity index is 386. The molecule has 2 bridgehead atoms. The van der Waals surface area contributed by atoms with Crippen molar-refractivity contribution in [1.29, 1.82) is 0 Å². The van der Waals surface area contributed by atoms with Crippen LogP contribution >= 0.6 is 0 Å². The zero-order valence-electron chi connectivity index (χ0n) is 13.2. The highest BCUT2D eigenvalue weighted by atomic mass is 16.5. The third-order valence-corrected chi connectivity index (χ3v) is 5.77. The molecule has 0 spiro atoms. The molecule has 3 nitrogen and oxygen atoms in total. The first kappa shape index (κ1) is 15.6. The van der Waals surface area contributed by atoms with Gasteiger partial charge in [-0.25, -0.2) is 0 Å². The topological polar surface area (TPSA) is 52.3 Å². The number of rotatable bonds is 6. The van der Waals surface area contributed by atoms with Crippen molar-refractivity contribution in [3.05, 3.63) is 12.2 Å². The van der Waals surface area contributed by atoms with Crippen molar-refractivity contribution in [2.45, 2.75) is 64.3 Å². The van der Waals surface area contributed by atoms with Gasteiger partial charge in [-0.1, -0.05) is 26.0 Å². The number of carbonyl (C=O) groups is 1. The molecule has 0 amide bonds. The minimum Gasteiger partial charge on any atom is -0.469 e. The standard InChI is InChI=1S/C17H29NO2/c1-16(2)13-9-11-17(18,14(16)12-13)10-7-5-4-6-8-15(19)20-3/h5,7,13-14H,4,6,8-12,18H2,1-3H3/t13-,14+,17-/m1/s1. The number of ether oxygens (including phenoxy) is 1. The van der Waals surface area contributed by atoms with E-state index in [0.717, 1.165) is 31.6 Å². The van der Waals surface area contributed by atoms with Crippen molar-refractivity contribution in [3.8, 4) is 0 Å². The minimum atomic E-state index is -0.122. The summed E-state index contributed by atoms with van der Waals surface area (Å²) in [6.45, 7) is 4.76. The summed E-state index contributed by atoms with van der Waals surface area (Å²) in [5, 5.41) is 0. The molecule has 3 aliphatic carbocycles. The Labute approximate surface area is 122 Å². The molecule has 3 atom stereocenters. The predicted octanol–water partition coefficient (Wildman–Crippen LogP) is 3.43. The van der Waals surface area contributed by atoms with Gasteiger partial charge in [0.25, 0.3) is 0 Å². The van der Waals surface area contributed by atoms with E-state index in [4.69, 9.17) is 5.73 Å². The van der Waals surface area contributed by atoms with Crippen LogP contribution in [0.15, 0.2) is 12.2 Å². The van der Waals surface area contributed by atoms with Crippen molar-refractivity contribution in [2.24, 2.45) is 23.0 Å². The number of allylic oxidation sites excluding steroid dienone is 1. The molecule has 3 rings (SSSR count). The van der Waals surface area contributed by atoms with Crippen LogP contribution in [-0.2, 0) is 9.53 Å². The molecule has 20 heavy (non-hydrogen) atoms. The van der Waals surface area contributed by atoms with E-state index >= 15 is 0 Å². The van der Waals surface area contributed by atoms with Crippen LogP contribution < -0.4 is 5.73 Å². The number of hydrogen-bond acceptors (Lipinski definition) is 3. The molecule has 0 aromatic carbocycles. The Morgan fingerprint density at radius 1 is 1.40 bits per heavy atom. The van der Waals surface area contributed by atoms with Crippen LogP contribution in [0.2, 0.25) is 0 Å². The molecule has 3 saturated carbocycles. The van der Waals surface area contributed by atoms with Gasteiger partial charge in [-0.05, 0) is 55.8 Å². The molecule has 3 fully saturated rings. The first-order valence-electron chi connectivity index (χ1n) is 7.91. The summed E-state index contributed by atoms with van der Waals surface area (Å²) >= 11 is 0. The van der Waals surface area contributed by atoms with Crippen LogP contribution in [0.3, 0.4) is 0 Å². The highest BCUT2D eigenvalue weighted by Crippen LogP contribution is 2.62. The molecule has 0 aliphatic heterocycles. The fourth-order valence-corrected chi connectivity index (χ4v) is 4.23. The fraction of sp³-hybridized carbons (Fsp3) is 0.824. The third-order valence-electron chi connectivity index (χ3n) is 5.77. The summed E-state index contributed by atoms with van der Waals surface area (Å²) in [7, 11) is 1.44. The molecule has 0 aromatic heterocycles. The largest absolute Gasteiger partial charge is 0.469 e. The van der Waals surface area contributed by atoms with E-state index in [1.165, 1.54) is 20.0 Å². The Hall–Kier alpha value is -0.830. The molecule has 3 aliphatic rings. The van der Waals surface area contributed by atoms with E-state index in [1.54, 1.807) is 0 Å². The number of methoxy groups -OCH3 is 1. The van der Waals surface area contributed by atoms with Gasteiger partial charge in [-0.15, -0.1) is 0 Å². The summed E-state index contributed by atoms with van der Waals surface area (Å²) in [6.07, 6.45) is 11.5. The van der Waals surface area contributed by atoms with Crippen LogP contribution in [0.1, 0.15) is 58.8 Å². The summed E-state index contributed by atoms with van der Waals surface area (Å²) in [4.78, 5) is 11.0. The summed E-state index contributed by atoms with van der Waals surface area (Å²) in [5.41, 5.74) is 7.11. The van der Waals surface area contributed by atoms with Crippen LogP contribution in [0.25, 0.3) is 0 Å². The Morgan fingerprint density at radius 3 is 2.75 bits per heavy atom. The number of unbranched alkanes of at least 4 members (excludes halogenated alkanes) is 1. The summed E-state index contributed by atoms with van der Waals surface area (Å²) < 4.78 is 4.63. The highest BCUT2D eigenvalue weighted by molar-refractivity contribution is 5.69. The Balaban J connectivity index is 1.74. The van der Waals surface area contributed by atoms with E-state index < -0.39 is 0 Å². The molecular weight excluding hydrogens is 250 g/mol. The lowest BCUT2D eigenvalue weighted by atomic mass is 9.43. The molecule has 0 aromatic rings. The van der Waals surface area contributed by atoms with Crippen molar-refractivity contribution >= 4 is 5.97 Å². The van der Waals surface area contributed by atoms with Crippen molar-refractivity contribution in [2.75, 3.05) is 7.11 Å². The lowest BCUT2D eigenvalue weighted by Gasteiger charge is -2.64. The van der Waals surface area contributed by atoms with Gasteiger partial charge in [-0.2, -0.15) is 0 Å². The first-order chi connectivity index (χ1) is 9.40. The van der Waals surface area contributed by atoms with Crippen LogP contribution in [-0.4, -0.2) is 18.6 Å². The second-order valence-electron chi connectivity index (χ2n) is 7.22.